The molecule has 1 rings (SSSR count). The molecule has 0 saturated carbocycles. The zero-order valence-corrected chi connectivity index (χ0v) is 10.4. The van der Waals surface area contributed by atoms with Crippen LogP contribution in [0, 0.1) is 0 Å². The summed E-state index contributed by atoms with van der Waals surface area (Å²) in [5, 5.41) is 3.35. The topological polar surface area (TPSA) is 49.4 Å². The van der Waals surface area contributed by atoms with Crippen molar-refractivity contribution in [3.63, 3.8) is 0 Å². The second-order valence-corrected chi connectivity index (χ2v) is 6.51. The number of hydrogen-bond donors (Lipinski definition) is 1. The summed E-state index contributed by atoms with van der Waals surface area (Å²) in [6, 6.07) is 0. The Morgan fingerprint density at radius 1 is 1.20 bits per heavy atom. The summed E-state index contributed by atoms with van der Waals surface area (Å²) in [6.45, 7) is 6.56. The van der Waals surface area contributed by atoms with E-state index >= 15 is 0 Å². The molecule has 1 N–H and O–H groups in total. The molecule has 90 valence electrons. The SMILES string of the molecule is CCS(=O)(=O)CCN1CCCNCCC1. The first kappa shape index (κ1) is 12.9. The fourth-order valence-electron chi connectivity index (χ4n) is 1.73. The Balaban J connectivity index is 2.29. The van der Waals surface area contributed by atoms with E-state index in [4.69, 9.17) is 0 Å². The van der Waals surface area contributed by atoms with Crippen molar-refractivity contribution in [3.8, 4) is 0 Å². The summed E-state index contributed by atoms with van der Waals surface area (Å²) in [6.07, 6.45) is 2.23. The Labute approximate surface area is 93.0 Å². The van der Waals surface area contributed by atoms with E-state index in [9.17, 15) is 8.42 Å². The predicted molar refractivity (Wildman–Crippen MR) is 62.9 cm³/mol. The van der Waals surface area contributed by atoms with Gasteiger partial charge in [0, 0.05) is 12.3 Å². The maximum absolute atomic E-state index is 11.4. The molecule has 0 amide bonds. The molecule has 1 fully saturated rings. The van der Waals surface area contributed by atoms with Gasteiger partial charge in [-0.3, -0.25) is 0 Å². The van der Waals surface area contributed by atoms with Gasteiger partial charge in [0.25, 0.3) is 0 Å². The van der Waals surface area contributed by atoms with E-state index < -0.39 is 9.84 Å². The van der Waals surface area contributed by atoms with Gasteiger partial charge in [0.05, 0.1) is 5.75 Å². The monoisotopic (exact) mass is 234 g/mol. The molecule has 0 aromatic heterocycles. The first-order valence-electron chi connectivity index (χ1n) is 5.77. The van der Waals surface area contributed by atoms with Crippen LogP contribution >= 0.6 is 0 Å². The molecule has 0 unspecified atom stereocenters. The molecule has 1 aliphatic rings. The lowest BCUT2D eigenvalue weighted by Gasteiger charge is -2.24. The maximum atomic E-state index is 11.4. The minimum atomic E-state index is -2.80. The molecule has 0 aromatic carbocycles. The van der Waals surface area contributed by atoms with Crippen molar-refractivity contribution in [2.45, 2.75) is 19.8 Å². The Hall–Kier alpha value is -0.130. The van der Waals surface area contributed by atoms with Gasteiger partial charge >= 0.3 is 0 Å². The highest BCUT2D eigenvalue weighted by atomic mass is 32.2. The van der Waals surface area contributed by atoms with Crippen LogP contribution in [0.2, 0.25) is 0 Å². The van der Waals surface area contributed by atoms with Crippen molar-refractivity contribution in [2.75, 3.05) is 44.2 Å². The van der Waals surface area contributed by atoms with Crippen LogP contribution in [0.1, 0.15) is 19.8 Å². The molecule has 5 heteroatoms. The predicted octanol–water partition coefficient (Wildman–Crippen LogP) is 0.107. The largest absolute Gasteiger partial charge is 0.317 e. The zero-order valence-electron chi connectivity index (χ0n) is 9.54. The third-order valence-corrected chi connectivity index (χ3v) is 4.50. The third kappa shape index (κ3) is 5.49. The van der Waals surface area contributed by atoms with Crippen LogP contribution in [0.25, 0.3) is 0 Å². The second kappa shape index (κ2) is 6.45. The molecule has 0 radical (unpaired) electrons. The van der Waals surface area contributed by atoms with Crippen LogP contribution in [0.4, 0.5) is 0 Å². The Morgan fingerprint density at radius 2 is 1.80 bits per heavy atom. The van der Waals surface area contributed by atoms with Crippen LogP contribution in [0.15, 0.2) is 0 Å². The molecule has 0 bridgehead atoms. The highest BCUT2D eigenvalue weighted by Crippen LogP contribution is 1.99. The molecule has 0 spiro atoms. The lowest BCUT2D eigenvalue weighted by molar-refractivity contribution is 0.266. The molecule has 0 atom stereocenters. The Morgan fingerprint density at radius 3 is 2.33 bits per heavy atom. The van der Waals surface area contributed by atoms with Gasteiger partial charge < -0.3 is 10.2 Å². The van der Waals surface area contributed by atoms with Crippen molar-refractivity contribution < 1.29 is 8.42 Å². The van der Waals surface area contributed by atoms with Gasteiger partial charge in [-0.2, -0.15) is 0 Å². The number of rotatable bonds is 4. The van der Waals surface area contributed by atoms with Gasteiger partial charge in [0.2, 0.25) is 0 Å². The van der Waals surface area contributed by atoms with Crippen LogP contribution in [-0.4, -0.2) is 57.5 Å². The quantitative estimate of drug-likeness (QED) is 0.750. The molecule has 0 aromatic rings. The first-order chi connectivity index (χ1) is 7.14. The second-order valence-electron chi connectivity index (χ2n) is 4.04. The standard InChI is InChI=1S/C10H22N2O2S/c1-2-15(13,14)10-9-12-7-3-5-11-6-4-8-12/h11H,2-10H2,1H3. The van der Waals surface area contributed by atoms with Crippen molar-refractivity contribution in [1.82, 2.24) is 10.2 Å². The van der Waals surface area contributed by atoms with Crippen molar-refractivity contribution in [3.05, 3.63) is 0 Å². The first-order valence-corrected chi connectivity index (χ1v) is 7.59. The Kier molecular flexibility index (Phi) is 5.56. The average Bonchev–Trinajstić information content (AvgIpc) is 2.16. The fourth-order valence-corrected chi connectivity index (χ4v) is 2.55. The molecule has 1 aliphatic heterocycles. The maximum Gasteiger partial charge on any atom is 0.151 e. The van der Waals surface area contributed by atoms with Crippen molar-refractivity contribution in [2.24, 2.45) is 0 Å². The summed E-state index contributed by atoms with van der Waals surface area (Å²) in [7, 11) is -2.80. The molecule has 0 aliphatic carbocycles. The summed E-state index contributed by atoms with van der Waals surface area (Å²) in [5.41, 5.74) is 0. The smallest absolute Gasteiger partial charge is 0.151 e. The summed E-state index contributed by atoms with van der Waals surface area (Å²) in [4.78, 5) is 2.27. The highest BCUT2D eigenvalue weighted by Gasteiger charge is 2.12. The molecular formula is C10H22N2O2S. The van der Waals surface area contributed by atoms with Crippen LogP contribution < -0.4 is 5.32 Å². The molecule has 1 heterocycles. The van der Waals surface area contributed by atoms with Gasteiger partial charge in [-0.05, 0) is 39.0 Å². The van der Waals surface area contributed by atoms with Crippen LogP contribution in [-0.2, 0) is 9.84 Å². The van der Waals surface area contributed by atoms with Gasteiger partial charge in [-0.15, -0.1) is 0 Å². The summed E-state index contributed by atoms with van der Waals surface area (Å²) < 4.78 is 22.7. The average molecular weight is 234 g/mol. The number of sulfone groups is 1. The summed E-state index contributed by atoms with van der Waals surface area (Å²) in [5.74, 6) is 0.583. The van der Waals surface area contributed by atoms with E-state index in [1.807, 2.05) is 0 Å². The summed E-state index contributed by atoms with van der Waals surface area (Å²) >= 11 is 0. The van der Waals surface area contributed by atoms with E-state index in [2.05, 4.69) is 10.2 Å². The minimum Gasteiger partial charge on any atom is -0.317 e. The van der Waals surface area contributed by atoms with E-state index in [1.54, 1.807) is 6.92 Å². The molecule has 1 saturated heterocycles. The van der Waals surface area contributed by atoms with Crippen LogP contribution in [0.5, 0.6) is 0 Å². The van der Waals surface area contributed by atoms with Crippen molar-refractivity contribution >= 4 is 9.84 Å². The van der Waals surface area contributed by atoms with E-state index in [0.717, 1.165) is 39.0 Å². The van der Waals surface area contributed by atoms with E-state index in [1.165, 1.54) is 0 Å². The van der Waals surface area contributed by atoms with E-state index in [0.29, 0.717) is 12.3 Å². The zero-order chi connectivity index (χ0) is 11.1. The fraction of sp³-hybridized carbons (Fsp3) is 1.00. The number of nitrogens with one attached hydrogen (secondary N) is 1. The number of hydrogen-bond acceptors (Lipinski definition) is 4. The normalized spacial score (nSPS) is 20.9. The van der Waals surface area contributed by atoms with Crippen LogP contribution in [0.3, 0.4) is 0 Å². The van der Waals surface area contributed by atoms with Gasteiger partial charge in [0.1, 0.15) is 0 Å². The molecule has 4 nitrogen and oxygen atoms in total. The van der Waals surface area contributed by atoms with E-state index in [-0.39, 0.29) is 5.75 Å². The molecule has 15 heavy (non-hydrogen) atoms. The minimum absolute atomic E-state index is 0.266. The van der Waals surface area contributed by atoms with Gasteiger partial charge in [-0.1, -0.05) is 6.92 Å². The third-order valence-electron chi connectivity index (χ3n) is 2.81. The highest BCUT2D eigenvalue weighted by molar-refractivity contribution is 7.91. The number of nitrogens with zero attached hydrogens (tertiary/aromatic N) is 1. The van der Waals surface area contributed by atoms with Gasteiger partial charge in [-0.25, -0.2) is 8.42 Å². The molecular weight excluding hydrogens is 212 g/mol. The Bertz CT molecular complexity index is 257. The van der Waals surface area contributed by atoms with Crippen molar-refractivity contribution in [1.29, 1.82) is 0 Å². The van der Waals surface area contributed by atoms with Gasteiger partial charge in [0.15, 0.2) is 9.84 Å². The lowest BCUT2D eigenvalue weighted by Crippen LogP contribution is -2.36. The lowest BCUT2D eigenvalue weighted by atomic mass is 10.3.